The number of aromatic nitrogens is 1. The SMILES string of the molecule is N#Cc1cc2c(nc1SCC(=O)N1CCC[C@H]1C(=O)O)CCCCC2. The number of pyridine rings is 1. The highest BCUT2D eigenvalue weighted by Gasteiger charge is 2.33. The Kier molecular flexibility index (Phi) is 5.59. The molecule has 2 aliphatic rings. The largest absolute Gasteiger partial charge is 0.480 e. The number of likely N-dealkylation sites (tertiary alicyclic amines) is 1. The van der Waals surface area contributed by atoms with Crippen LogP contribution in [0.25, 0.3) is 0 Å². The molecule has 0 aromatic carbocycles. The molecule has 1 N–H and O–H groups in total. The Morgan fingerprint density at radius 3 is 2.88 bits per heavy atom. The van der Waals surface area contributed by atoms with Gasteiger partial charge in [0.15, 0.2) is 0 Å². The zero-order chi connectivity index (χ0) is 17.8. The first-order valence-electron chi connectivity index (χ1n) is 8.68. The van der Waals surface area contributed by atoms with E-state index in [4.69, 9.17) is 0 Å². The molecule has 1 amide bonds. The molecule has 25 heavy (non-hydrogen) atoms. The fourth-order valence-electron chi connectivity index (χ4n) is 3.52. The summed E-state index contributed by atoms with van der Waals surface area (Å²) in [5, 5.41) is 19.2. The highest BCUT2D eigenvalue weighted by Crippen LogP contribution is 2.28. The van der Waals surface area contributed by atoms with Crippen LogP contribution in [-0.2, 0) is 22.4 Å². The number of carbonyl (C=O) groups is 2. The molecule has 1 fully saturated rings. The molecule has 1 aliphatic heterocycles. The van der Waals surface area contributed by atoms with Crippen LogP contribution in [0, 0.1) is 11.3 Å². The second-order valence-corrected chi connectivity index (χ2v) is 7.46. The molecule has 0 bridgehead atoms. The quantitative estimate of drug-likeness (QED) is 0.655. The summed E-state index contributed by atoms with van der Waals surface area (Å²) in [5.41, 5.74) is 2.70. The first-order chi connectivity index (χ1) is 12.1. The molecule has 1 saturated heterocycles. The number of carboxylic acids is 1. The van der Waals surface area contributed by atoms with Gasteiger partial charge in [-0.1, -0.05) is 18.2 Å². The highest BCUT2D eigenvalue weighted by atomic mass is 32.2. The van der Waals surface area contributed by atoms with E-state index < -0.39 is 12.0 Å². The lowest BCUT2D eigenvalue weighted by atomic mass is 10.1. The summed E-state index contributed by atoms with van der Waals surface area (Å²) in [6, 6.07) is 3.38. The minimum Gasteiger partial charge on any atom is -0.480 e. The standard InChI is InChI=1S/C18H21N3O3S/c19-10-13-9-12-5-2-1-3-6-14(12)20-17(13)25-11-16(22)21-8-4-7-15(21)18(23)24/h9,15H,1-8,11H2,(H,23,24)/t15-/m0/s1. The smallest absolute Gasteiger partial charge is 0.326 e. The van der Waals surface area contributed by atoms with Crippen LogP contribution in [0.5, 0.6) is 0 Å². The van der Waals surface area contributed by atoms with Gasteiger partial charge in [-0.3, -0.25) is 4.79 Å². The number of carbonyl (C=O) groups excluding carboxylic acids is 1. The van der Waals surface area contributed by atoms with Crippen molar-refractivity contribution in [3.8, 4) is 6.07 Å². The van der Waals surface area contributed by atoms with E-state index in [1.807, 2.05) is 6.07 Å². The first kappa shape index (κ1) is 17.7. The van der Waals surface area contributed by atoms with Crippen LogP contribution in [0.3, 0.4) is 0 Å². The predicted octanol–water partition coefficient (Wildman–Crippen LogP) is 2.39. The van der Waals surface area contributed by atoms with Crippen LogP contribution in [-0.4, -0.2) is 45.2 Å². The van der Waals surface area contributed by atoms with Gasteiger partial charge in [0, 0.05) is 12.2 Å². The Morgan fingerprint density at radius 1 is 1.32 bits per heavy atom. The van der Waals surface area contributed by atoms with Gasteiger partial charge in [-0.15, -0.1) is 0 Å². The van der Waals surface area contributed by atoms with E-state index in [1.165, 1.54) is 23.1 Å². The minimum absolute atomic E-state index is 0.115. The van der Waals surface area contributed by atoms with E-state index >= 15 is 0 Å². The molecule has 3 rings (SSSR count). The van der Waals surface area contributed by atoms with Crippen molar-refractivity contribution < 1.29 is 14.7 Å². The average Bonchev–Trinajstić information content (AvgIpc) is 2.99. The summed E-state index contributed by atoms with van der Waals surface area (Å²) in [7, 11) is 0. The van der Waals surface area contributed by atoms with E-state index in [0.29, 0.717) is 30.0 Å². The van der Waals surface area contributed by atoms with E-state index in [2.05, 4.69) is 11.1 Å². The second kappa shape index (κ2) is 7.87. The van der Waals surface area contributed by atoms with Crippen molar-refractivity contribution in [1.29, 1.82) is 5.26 Å². The molecule has 1 aromatic heterocycles. The fraction of sp³-hybridized carbons (Fsp3) is 0.556. The van der Waals surface area contributed by atoms with Crippen molar-refractivity contribution in [3.63, 3.8) is 0 Å². The summed E-state index contributed by atoms with van der Waals surface area (Å²) in [6.07, 6.45) is 6.48. The molecule has 1 atom stereocenters. The molecule has 1 aromatic rings. The third-order valence-electron chi connectivity index (χ3n) is 4.83. The number of nitriles is 1. The summed E-state index contributed by atoms with van der Waals surface area (Å²) < 4.78 is 0. The number of fused-ring (bicyclic) bond motifs is 1. The maximum atomic E-state index is 12.4. The van der Waals surface area contributed by atoms with Crippen molar-refractivity contribution in [2.75, 3.05) is 12.3 Å². The lowest BCUT2D eigenvalue weighted by molar-refractivity contribution is -0.147. The third-order valence-corrected chi connectivity index (χ3v) is 5.80. The molecule has 0 radical (unpaired) electrons. The van der Waals surface area contributed by atoms with Gasteiger partial charge in [-0.2, -0.15) is 5.26 Å². The molecule has 132 valence electrons. The maximum Gasteiger partial charge on any atom is 0.326 e. The van der Waals surface area contributed by atoms with Gasteiger partial charge in [0.2, 0.25) is 5.91 Å². The van der Waals surface area contributed by atoms with Gasteiger partial charge >= 0.3 is 5.97 Å². The Labute approximate surface area is 151 Å². The van der Waals surface area contributed by atoms with Crippen LogP contribution in [0.1, 0.15) is 48.9 Å². The van der Waals surface area contributed by atoms with Crippen LogP contribution in [0.2, 0.25) is 0 Å². The van der Waals surface area contributed by atoms with E-state index in [0.717, 1.165) is 36.9 Å². The second-order valence-electron chi connectivity index (χ2n) is 6.49. The van der Waals surface area contributed by atoms with Gasteiger partial charge in [-0.25, -0.2) is 9.78 Å². The van der Waals surface area contributed by atoms with Gasteiger partial charge in [0.1, 0.15) is 17.1 Å². The number of rotatable bonds is 4. The molecule has 1 aliphatic carbocycles. The van der Waals surface area contributed by atoms with Crippen molar-refractivity contribution in [2.24, 2.45) is 0 Å². The van der Waals surface area contributed by atoms with Crippen LogP contribution < -0.4 is 0 Å². The lowest BCUT2D eigenvalue weighted by Gasteiger charge is -2.21. The normalized spacial score (nSPS) is 19.8. The Bertz CT molecular complexity index is 729. The van der Waals surface area contributed by atoms with Gasteiger partial charge in [0.25, 0.3) is 0 Å². The molecule has 7 heteroatoms. The Hall–Kier alpha value is -2.07. The van der Waals surface area contributed by atoms with Crippen molar-refractivity contribution in [2.45, 2.75) is 56.0 Å². The predicted molar refractivity (Wildman–Crippen MR) is 93.3 cm³/mol. The average molecular weight is 359 g/mol. The maximum absolute atomic E-state index is 12.4. The molecule has 0 saturated carbocycles. The highest BCUT2D eigenvalue weighted by molar-refractivity contribution is 8.00. The van der Waals surface area contributed by atoms with Crippen molar-refractivity contribution in [1.82, 2.24) is 9.88 Å². The molecule has 0 unspecified atom stereocenters. The molecule has 2 heterocycles. The number of carboxylic acid groups (broad SMARTS) is 1. The number of hydrogen-bond donors (Lipinski definition) is 1. The Morgan fingerprint density at radius 2 is 2.12 bits per heavy atom. The molecular formula is C18H21N3O3S. The zero-order valence-electron chi connectivity index (χ0n) is 14.0. The van der Waals surface area contributed by atoms with Gasteiger partial charge in [-0.05, 0) is 50.2 Å². The zero-order valence-corrected chi connectivity index (χ0v) is 14.8. The topological polar surface area (TPSA) is 94.3 Å². The number of aliphatic carboxylic acids is 1. The summed E-state index contributed by atoms with van der Waals surface area (Å²) >= 11 is 1.24. The first-order valence-corrected chi connectivity index (χ1v) is 9.66. The molecule has 0 spiro atoms. The van der Waals surface area contributed by atoms with Crippen LogP contribution >= 0.6 is 11.8 Å². The van der Waals surface area contributed by atoms with Crippen molar-refractivity contribution >= 4 is 23.6 Å². The van der Waals surface area contributed by atoms with E-state index in [1.54, 1.807) is 0 Å². The van der Waals surface area contributed by atoms with Crippen LogP contribution in [0.15, 0.2) is 11.1 Å². The summed E-state index contributed by atoms with van der Waals surface area (Å²) in [5.74, 6) is -1.03. The van der Waals surface area contributed by atoms with E-state index in [-0.39, 0.29) is 11.7 Å². The van der Waals surface area contributed by atoms with Gasteiger partial charge in [0.05, 0.1) is 11.3 Å². The molecular weight excluding hydrogens is 338 g/mol. The number of amides is 1. The molecule has 6 nitrogen and oxygen atoms in total. The number of aryl methyl sites for hydroxylation is 2. The summed E-state index contributed by atoms with van der Waals surface area (Å²) in [6.45, 7) is 0.485. The fourth-order valence-corrected chi connectivity index (χ4v) is 4.38. The third kappa shape index (κ3) is 3.96. The van der Waals surface area contributed by atoms with Crippen molar-refractivity contribution in [3.05, 3.63) is 22.9 Å². The number of thioether (sulfide) groups is 1. The summed E-state index contributed by atoms with van der Waals surface area (Å²) in [4.78, 5) is 29.7. The number of hydrogen-bond acceptors (Lipinski definition) is 5. The van der Waals surface area contributed by atoms with E-state index in [9.17, 15) is 20.0 Å². The van der Waals surface area contributed by atoms with Gasteiger partial charge < -0.3 is 10.0 Å². The minimum atomic E-state index is -0.947. The monoisotopic (exact) mass is 359 g/mol. The Balaban J connectivity index is 1.72. The lowest BCUT2D eigenvalue weighted by Crippen LogP contribution is -2.41. The number of nitrogens with zero attached hydrogens (tertiary/aromatic N) is 3. The van der Waals surface area contributed by atoms with Crippen LogP contribution in [0.4, 0.5) is 0 Å².